The first-order valence-corrected chi connectivity index (χ1v) is 9.61. The third-order valence-corrected chi connectivity index (χ3v) is 5.61. The number of halogens is 1. The molecule has 6 nitrogen and oxygen atoms in total. The maximum absolute atomic E-state index is 13.0. The van der Waals surface area contributed by atoms with Gasteiger partial charge in [-0.1, -0.05) is 23.7 Å². The second-order valence-corrected chi connectivity index (χ2v) is 7.43. The van der Waals surface area contributed by atoms with E-state index in [9.17, 15) is 14.4 Å². The summed E-state index contributed by atoms with van der Waals surface area (Å²) in [6.45, 7) is 4.06. The van der Waals surface area contributed by atoms with Crippen LogP contribution in [0, 0.1) is 0 Å². The second kappa shape index (κ2) is 7.28. The van der Waals surface area contributed by atoms with Gasteiger partial charge in [0.1, 0.15) is 6.04 Å². The van der Waals surface area contributed by atoms with Crippen molar-refractivity contribution in [3.8, 4) is 0 Å². The van der Waals surface area contributed by atoms with Crippen molar-refractivity contribution in [2.45, 2.75) is 13.0 Å². The number of piperazine rings is 1. The van der Waals surface area contributed by atoms with Gasteiger partial charge in [-0.25, -0.2) is 0 Å². The molecule has 144 valence electrons. The van der Waals surface area contributed by atoms with Gasteiger partial charge in [-0.3, -0.25) is 19.3 Å². The summed E-state index contributed by atoms with van der Waals surface area (Å²) < 4.78 is 0. The molecule has 0 aliphatic carbocycles. The van der Waals surface area contributed by atoms with Crippen molar-refractivity contribution in [1.29, 1.82) is 0 Å². The van der Waals surface area contributed by atoms with Crippen molar-refractivity contribution in [1.82, 2.24) is 9.80 Å². The third kappa shape index (κ3) is 3.14. The van der Waals surface area contributed by atoms with E-state index in [0.717, 1.165) is 10.6 Å². The molecule has 0 saturated carbocycles. The van der Waals surface area contributed by atoms with Crippen LogP contribution in [-0.2, 0) is 4.79 Å². The Labute approximate surface area is 168 Å². The zero-order valence-corrected chi connectivity index (χ0v) is 16.2. The van der Waals surface area contributed by atoms with Crippen LogP contribution in [0.4, 0.5) is 5.69 Å². The topological polar surface area (TPSA) is 60.9 Å². The highest BCUT2D eigenvalue weighted by Crippen LogP contribution is 2.26. The number of fused-ring (bicyclic) bond motifs is 1. The first kappa shape index (κ1) is 18.5. The Bertz CT molecular complexity index is 901. The molecule has 1 fully saturated rings. The molecule has 0 radical (unpaired) electrons. The van der Waals surface area contributed by atoms with E-state index in [0.29, 0.717) is 42.3 Å². The van der Waals surface area contributed by atoms with Crippen LogP contribution < -0.4 is 4.90 Å². The minimum absolute atomic E-state index is 0.203. The van der Waals surface area contributed by atoms with E-state index in [2.05, 4.69) is 4.90 Å². The Morgan fingerprint density at radius 1 is 0.893 bits per heavy atom. The summed E-state index contributed by atoms with van der Waals surface area (Å²) in [5, 5.41) is 0.687. The van der Waals surface area contributed by atoms with Gasteiger partial charge in [0.15, 0.2) is 0 Å². The van der Waals surface area contributed by atoms with E-state index in [1.165, 1.54) is 0 Å². The number of carbonyl (C=O) groups is 3. The summed E-state index contributed by atoms with van der Waals surface area (Å²) in [4.78, 5) is 43.2. The Hall–Kier alpha value is -2.86. The van der Waals surface area contributed by atoms with Gasteiger partial charge in [0.05, 0.1) is 11.1 Å². The number of nitrogens with zero attached hydrogens (tertiary/aromatic N) is 3. The number of carbonyl (C=O) groups excluding carboxylic acids is 3. The minimum atomic E-state index is -0.825. The first-order chi connectivity index (χ1) is 13.5. The van der Waals surface area contributed by atoms with Gasteiger partial charge >= 0.3 is 0 Å². The molecule has 4 rings (SSSR count). The molecule has 2 aromatic rings. The van der Waals surface area contributed by atoms with E-state index in [-0.39, 0.29) is 5.91 Å². The van der Waals surface area contributed by atoms with Gasteiger partial charge in [0.25, 0.3) is 11.8 Å². The standard InChI is InChI=1S/C21H20ClN3O3/c1-14(25-20(27)17-4-2-3-5-18(17)21(25)28)19(26)24-12-10-23(11-13-24)16-8-6-15(22)7-9-16/h2-9,14H,10-13H2,1H3. The Morgan fingerprint density at radius 3 is 1.96 bits per heavy atom. The molecule has 1 unspecified atom stereocenters. The van der Waals surface area contributed by atoms with Crippen LogP contribution in [0.3, 0.4) is 0 Å². The van der Waals surface area contributed by atoms with Crippen molar-refractivity contribution < 1.29 is 14.4 Å². The van der Waals surface area contributed by atoms with Crippen LogP contribution in [-0.4, -0.2) is 59.7 Å². The summed E-state index contributed by atoms with van der Waals surface area (Å²) in [6.07, 6.45) is 0. The van der Waals surface area contributed by atoms with E-state index in [1.807, 2.05) is 24.3 Å². The fourth-order valence-electron chi connectivity index (χ4n) is 3.77. The van der Waals surface area contributed by atoms with Gasteiger partial charge in [0.2, 0.25) is 5.91 Å². The largest absolute Gasteiger partial charge is 0.368 e. The molecule has 2 aromatic carbocycles. The van der Waals surface area contributed by atoms with E-state index in [1.54, 1.807) is 36.1 Å². The highest BCUT2D eigenvalue weighted by Gasteiger charge is 2.42. The summed E-state index contributed by atoms with van der Waals surface area (Å²) in [5.74, 6) is -1.01. The van der Waals surface area contributed by atoms with Gasteiger partial charge in [0, 0.05) is 36.9 Å². The van der Waals surface area contributed by atoms with Crippen LogP contribution in [0.15, 0.2) is 48.5 Å². The molecule has 7 heteroatoms. The maximum Gasteiger partial charge on any atom is 0.262 e. The fourth-order valence-corrected chi connectivity index (χ4v) is 3.90. The number of rotatable bonds is 3. The molecule has 1 atom stereocenters. The van der Waals surface area contributed by atoms with Crippen molar-refractivity contribution in [2.75, 3.05) is 31.1 Å². The lowest BCUT2D eigenvalue weighted by Crippen LogP contribution is -2.55. The van der Waals surface area contributed by atoms with Crippen LogP contribution in [0.2, 0.25) is 5.02 Å². The average Bonchev–Trinajstić information content (AvgIpc) is 2.98. The Morgan fingerprint density at radius 2 is 1.43 bits per heavy atom. The molecule has 28 heavy (non-hydrogen) atoms. The van der Waals surface area contributed by atoms with Crippen LogP contribution >= 0.6 is 11.6 Å². The SMILES string of the molecule is CC(C(=O)N1CCN(c2ccc(Cl)cc2)CC1)N1C(=O)c2ccccc2C1=O. The number of hydrogen-bond donors (Lipinski definition) is 0. The predicted molar refractivity (Wildman–Crippen MR) is 107 cm³/mol. The van der Waals surface area contributed by atoms with Crippen LogP contribution in [0.5, 0.6) is 0 Å². The van der Waals surface area contributed by atoms with E-state index < -0.39 is 17.9 Å². The number of imide groups is 1. The van der Waals surface area contributed by atoms with Crippen molar-refractivity contribution in [3.05, 3.63) is 64.7 Å². The van der Waals surface area contributed by atoms with Crippen LogP contribution in [0.1, 0.15) is 27.6 Å². The summed E-state index contributed by atoms with van der Waals surface area (Å²) >= 11 is 5.94. The van der Waals surface area contributed by atoms with E-state index in [4.69, 9.17) is 11.6 Å². The normalized spacial score (nSPS) is 17.7. The molecule has 0 aromatic heterocycles. The van der Waals surface area contributed by atoms with Gasteiger partial charge in [-0.15, -0.1) is 0 Å². The fraction of sp³-hybridized carbons (Fsp3) is 0.286. The summed E-state index contributed by atoms with van der Waals surface area (Å²) in [7, 11) is 0. The predicted octanol–water partition coefficient (Wildman–Crippen LogP) is 2.67. The average molecular weight is 398 g/mol. The molecule has 0 bridgehead atoms. The highest BCUT2D eigenvalue weighted by atomic mass is 35.5. The lowest BCUT2D eigenvalue weighted by Gasteiger charge is -2.38. The third-order valence-electron chi connectivity index (χ3n) is 5.35. The molecule has 3 amide bonds. The smallest absolute Gasteiger partial charge is 0.262 e. The van der Waals surface area contributed by atoms with Gasteiger partial charge < -0.3 is 9.80 Å². The molecule has 0 spiro atoms. The van der Waals surface area contributed by atoms with Crippen molar-refractivity contribution in [2.24, 2.45) is 0 Å². The minimum Gasteiger partial charge on any atom is -0.368 e. The summed E-state index contributed by atoms with van der Waals surface area (Å²) in [5.41, 5.74) is 1.78. The van der Waals surface area contributed by atoms with Gasteiger partial charge in [-0.2, -0.15) is 0 Å². The maximum atomic E-state index is 13.0. The second-order valence-electron chi connectivity index (χ2n) is 6.99. The highest BCUT2D eigenvalue weighted by molar-refractivity contribution is 6.30. The lowest BCUT2D eigenvalue weighted by atomic mass is 10.1. The molecule has 1 saturated heterocycles. The zero-order chi connectivity index (χ0) is 19.8. The Kier molecular flexibility index (Phi) is 4.81. The zero-order valence-electron chi connectivity index (χ0n) is 15.5. The lowest BCUT2D eigenvalue weighted by molar-refractivity contribution is -0.135. The van der Waals surface area contributed by atoms with Crippen molar-refractivity contribution in [3.63, 3.8) is 0 Å². The Balaban J connectivity index is 1.42. The monoisotopic (exact) mass is 397 g/mol. The van der Waals surface area contributed by atoms with Crippen molar-refractivity contribution >= 4 is 35.0 Å². The van der Waals surface area contributed by atoms with E-state index >= 15 is 0 Å². The number of amides is 3. The first-order valence-electron chi connectivity index (χ1n) is 9.23. The molecule has 2 aliphatic heterocycles. The number of hydrogen-bond acceptors (Lipinski definition) is 4. The molecule has 0 N–H and O–H groups in total. The van der Waals surface area contributed by atoms with Crippen LogP contribution in [0.25, 0.3) is 0 Å². The molecular formula is C21H20ClN3O3. The number of anilines is 1. The molecule has 2 aliphatic rings. The van der Waals surface area contributed by atoms with Gasteiger partial charge in [-0.05, 0) is 43.3 Å². The quantitative estimate of drug-likeness (QED) is 0.747. The molecular weight excluding hydrogens is 378 g/mol. The molecule has 2 heterocycles. The summed E-state index contributed by atoms with van der Waals surface area (Å²) in [6, 6.07) is 13.5. The number of benzene rings is 2.